The Kier molecular flexibility index (Phi) is 4.31. The van der Waals surface area contributed by atoms with Crippen molar-refractivity contribution in [2.45, 2.75) is 48.9 Å². The minimum Gasteiger partial charge on any atom is -0.344 e. The summed E-state index contributed by atoms with van der Waals surface area (Å²) in [6, 6.07) is 8.23. The molecule has 1 aromatic carbocycles. The molecule has 0 amide bonds. The highest BCUT2D eigenvalue weighted by Gasteiger charge is 2.48. The summed E-state index contributed by atoms with van der Waals surface area (Å²) in [5.74, 6) is -0.967. The van der Waals surface area contributed by atoms with E-state index in [4.69, 9.17) is 14.5 Å². The summed E-state index contributed by atoms with van der Waals surface area (Å²) in [6.45, 7) is 1.75. The molecule has 1 aromatic rings. The molecule has 7 heteroatoms. The Morgan fingerprint density at radius 3 is 2.30 bits per heavy atom. The van der Waals surface area contributed by atoms with Crippen molar-refractivity contribution in [1.29, 1.82) is 0 Å². The van der Waals surface area contributed by atoms with E-state index in [0.29, 0.717) is 25.7 Å². The maximum absolute atomic E-state index is 12.5. The predicted octanol–water partition coefficient (Wildman–Crippen LogP) is 2.04. The van der Waals surface area contributed by atoms with Crippen LogP contribution >= 0.6 is 0 Å². The third kappa shape index (κ3) is 3.63. The number of ketones is 1. The van der Waals surface area contributed by atoms with Crippen LogP contribution in [-0.4, -0.2) is 37.9 Å². The fraction of sp³-hybridized carbons (Fsp3) is 0.562. The topological polar surface area (TPSA) is 78.9 Å². The zero-order valence-corrected chi connectivity index (χ0v) is 13.8. The first-order chi connectivity index (χ1) is 10.8. The van der Waals surface area contributed by atoms with Crippen LogP contribution in [0.1, 0.15) is 32.6 Å². The third-order valence-electron chi connectivity index (χ3n) is 4.20. The molecule has 3 rings (SSSR count). The van der Waals surface area contributed by atoms with E-state index in [-0.39, 0.29) is 23.0 Å². The van der Waals surface area contributed by atoms with Crippen LogP contribution in [-0.2, 0) is 29.1 Å². The van der Waals surface area contributed by atoms with Crippen LogP contribution < -0.4 is 0 Å². The lowest BCUT2D eigenvalue weighted by Crippen LogP contribution is -2.54. The summed E-state index contributed by atoms with van der Waals surface area (Å²) >= 11 is 0. The van der Waals surface area contributed by atoms with Crippen LogP contribution in [0.25, 0.3) is 0 Å². The molecule has 0 N–H and O–H groups in total. The monoisotopic (exact) mass is 340 g/mol. The zero-order valence-electron chi connectivity index (χ0n) is 13.0. The molecular weight excluding hydrogens is 320 g/mol. The van der Waals surface area contributed by atoms with E-state index in [1.807, 2.05) is 0 Å². The van der Waals surface area contributed by atoms with E-state index in [1.165, 1.54) is 0 Å². The van der Waals surface area contributed by atoms with Crippen molar-refractivity contribution in [2.75, 3.05) is 12.4 Å². The molecule has 6 nitrogen and oxygen atoms in total. The molecule has 1 spiro atoms. The Hall–Kier alpha value is -1.28. The van der Waals surface area contributed by atoms with Crippen molar-refractivity contribution in [2.24, 2.45) is 0 Å². The number of hydrogen-bond donors (Lipinski definition) is 0. The zero-order chi connectivity index (χ0) is 16.6. The summed E-state index contributed by atoms with van der Waals surface area (Å²) in [5.41, 5.74) is -1.08. The molecule has 1 unspecified atom stereocenters. The SMILES string of the molecule is CC1(CS(=O)(=O)c2ccccc2)COC2(CCC(=O)CC2)OO1. The Morgan fingerprint density at radius 2 is 1.74 bits per heavy atom. The number of benzene rings is 1. The first-order valence-electron chi connectivity index (χ1n) is 7.63. The van der Waals surface area contributed by atoms with Crippen LogP contribution in [0.5, 0.6) is 0 Å². The maximum Gasteiger partial charge on any atom is 0.202 e. The quantitative estimate of drug-likeness (QED) is 0.784. The van der Waals surface area contributed by atoms with Gasteiger partial charge in [0.1, 0.15) is 11.4 Å². The minimum absolute atomic E-state index is 0.104. The van der Waals surface area contributed by atoms with Gasteiger partial charge in [-0.1, -0.05) is 18.2 Å². The molecule has 1 atom stereocenters. The summed E-state index contributed by atoms with van der Waals surface area (Å²) in [6.07, 6.45) is 1.66. The lowest BCUT2D eigenvalue weighted by molar-refractivity contribution is -0.509. The fourth-order valence-electron chi connectivity index (χ4n) is 2.83. The Balaban J connectivity index is 1.67. The maximum atomic E-state index is 12.5. The number of carbonyl (C=O) groups is 1. The fourth-order valence-corrected chi connectivity index (χ4v) is 4.50. The van der Waals surface area contributed by atoms with E-state index in [2.05, 4.69) is 0 Å². The van der Waals surface area contributed by atoms with Gasteiger partial charge in [0.15, 0.2) is 9.84 Å². The highest BCUT2D eigenvalue weighted by atomic mass is 32.2. The second kappa shape index (κ2) is 5.98. The van der Waals surface area contributed by atoms with Crippen molar-refractivity contribution >= 4 is 15.6 Å². The molecule has 1 aliphatic heterocycles. The van der Waals surface area contributed by atoms with Crippen LogP contribution in [0, 0.1) is 0 Å². The van der Waals surface area contributed by atoms with Gasteiger partial charge in [-0.25, -0.2) is 18.2 Å². The second-order valence-corrected chi connectivity index (χ2v) is 8.42. The first-order valence-corrected chi connectivity index (χ1v) is 9.28. The van der Waals surface area contributed by atoms with Gasteiger partial charge in [0.2, 0.25) is 5.79 Å². The number of rotatable bonds is 3. The van der Waals surface area contributed by atoms with E-state index in [1.54, 1.807) is 37.3 Å². The van der Waals surface area contributed by atoms with E-state index in [0.717, 1.165) is 0 Å². The average Bonchev–Trinajstić information content (AvgIpc) is 2.54. The lowest BCUT2D eigenvalue weighted by atomic mass is 9.92. The van der Waals surface area contributed by atoms with Crippen molar-refractivity contribution in [3.05, 3.63) is 30.3 Å². The van der Waals surface area contributed by atoms with Gasteiger partial charge >= 0.3 is 0 Å². The molecular formula is C16H20O6S. The molecule has 0 aromatic heterocycles. The Morgan fingerprint density at radius 1 is 1.09 bits per heavy atom. The van der Waals surface area contributed by atoms with Crippen LogP contribution in [0.15, 0.2) is 35.2 Å². The minimum atomic E-state index is -3.51. The number of carbonyl (C=O) groups excluding carboxylic acids is 1. The van der Waals surface area contributed by atoms with E-state index >= 15 is 0 Å². The van der Waals surface area contributed by atoms with Crippen LogP contribution in [0.2, 0.25) is 0 Å². The van der Waals surface area contributed by atoms with Crippen molar-refractivity contribution in [1.82, 2.24) is 0 Å². The van der Waals surface area contributed by atoms with Gasteiger partial charge in [0, 0.05) is 25.7 Å². The summed E-state index contributed by atoms with van der Waals surface area (Å²) < 4.78 is 30.7. The second-order valence-electron chi connectivity index (χ2n) is 6.43. The predicted molar refractivity (Wildman–Crippen MR) is 81.2 cm³/mol. The summed E-state index contributed by atoms with van der Waals surface area (Å²) in [4.78, 5) is 22.4. The molecule has 2 aliphatic rings. The van der Waals surface area contributed by atoms with Crippen molar-refractivity contribution < 1.29 is 27.7 Å². The van der Waals surface area contributed by atoms with E-state index < -0.39 is 21.2 Å². The normalized spacial score (nSPS) is 28.0. The largest absolute Gasteiger partial charge is 0.344 e. The summed E-state index contributed by atoms with van der Waals surface area (Å²) in [7, 11) is -3.51. The standard InChI is InChI=1S/C16H20O6S/c1-15(12-23(18,19)14-5-3-2-4-6-14)11-20-16(22-21-15)9-7-13(17)8-10-16/h2-6H,7-12H2,1H3. The number of Topliss-reactive ketones (excluding diaryl/α,β-unsaturated/α-hetero) is 1. The van der Waals surface area contributed by atoms with Gasteiger partial charge < -0.3 is 4.74 Å². The van der Waals surface area contributed by atoms with Gasteiger partial charge in [-0.05, 0) is 19.1 Å². The van der Waals surface area contributed by atoms with Gasteiger partial charge in [-0.15, -0.1) is 0 Å². The highest BCUT2D eigenvalue weighted by molar-refractivity contribution is 7.91. The van der Waals surface area contributed by atoms with Crippen molar-refractivity contribution in [3.8, 4) is 0 Å². The molecule has 0 bridgehead atoms. The lowest BCUT2D eigenvalue weighted by Gasteiger charge is -2.44. The van der Waals surface area contributed by atoms with Crippen LogP contribution in [0.3, 0.4) is 0 Å². The molecule has 1 saturated carbocycles. The van der Waals surface area contributed by atoms with Gasteiger partial charge in [0.25, 0.3) is 0 Å². The average molecular weight is 340 g/mol. The molecule has 1 heterocycles. The smallest absolute Gasteiger partial charge is 0.202 e. The number of sulfone groups is 1. The van der Waals surface area contributed by atoms with Crippen LogP contribution in [0.4, 0.5) is 0 Å². The number of hydrogen-bond acceptors (Lipinski definition) is 6. The van der Waals surface area contributed by atoms with Gasteiger partial charge in [-0.3, -0.25) is 4.79 Å². The van der Waals surface area contributed by atoms with Gasteiger partial charge in [0.05, 0.1) is 17.3 Å². The van der Waals surface area contributed by atoms with Gasteiger partial charge in [-0.2, -0.15) is 0 Å². The third-order valence-corrected chi connectivity index (χ3v) is 6.18. The molecule has 126 valence electrons. The molecule has 1 aliphatic carbocycles. The molecule has 0 radical (unpaired) electrons. The summed E-state index contributed by atoms with van der Waals surface area (Å²) in [5, 5.41) is 0. The first kappa shape index (κ1) is 16.6. The number of ether oxygens (including phenoxy) is 1. The Bertz CT molecular complexity index is 662. The van der Waals surface area contributed by atoms with E-state index in [9.17, 15) is 13.2 Å². The molecule has 23 heavy (non-hydrogen) atoms. The van der Waals surface area contributed by atoms with Crippen molar-refractivity contribution in [3.63, 3.8) is 0 Å². The molecule has 2 fully saturated rings. The molecule has 1 saturated heterocycles. The highest BCUT2D eigenvalue weighted by Crippen LogP contribution is 2.38. The Labute approximate surface area is 135 Å².